The number of hydrogen-bond donors (Lipinski definition) is 1. The minimum Gasteiger partial charge on any atom is -0.345 e. The monoisotopic (exact) mass is 359 g/mol. The smallest absolute Gasteiger partial charge is 0.315 e. The number of alkyl halides is 2. The van der Waals surface area contributed by atoms with Crippen LogP contribution in [0.2, 0.25) is 0 Å². The number of hydrogen-bond acceptors (Lipinski definition) is 5. The maximum atomic E-state index is 12.6. The number of carbonyl (C=O) groups is 1. The summed E-state index contributed by atoms with van der Waals surface area (Å²) in [5.74, 6) is -0.743. The molecule has 0 bridgehead atoms. The Kier molecular flexibility index (Phi) is 3.98. The van der Waals surface area contributed by atoms with Crippen molar-refractivity contribution in [3.8, 4) is 11.4 Å². The number of benzene rings is 1. The predicted octanol–water partition coefficient (Wildman–Crippen LogP) is 2.83. The third-order valence-electron chi connectivity index (χ3n) is 4.38. The van der Waals surface area contributed by atoms with Crippen LogP contribution < -0.4 is 5.32 Å². The fraction of sp³-hybridized carbons (Fsp3) is 0.294. The highest BCUT2D eigenvalue weighted by Crippen LogP contribution is 2.34. The second kappa shape index (κ2) is 6.32. The molecule has 26 heavy (non-hydrogen) atoms. The van der Waals surface area contributed by atoms with Crippen LogP contribution >= 0.6 is 0 Å². The predicted molar refractivity (Wildman–Crippen MR) is 86.4 cm³/mol. The average molecular weight is 359 g/mol. The Balaban J connectivity index is 1.53. The van der Waals surface area contributed by atoms with E-state index in [1.165, 1.54) is 6.20 Å². The molecule has 9 heteroatoms. The molecule has 0 saturated heterocycles. The molecule has 1 N–H and O–H groups in total. The normalized spacial score (nSPS) is 16.1. The molecule has 2 aromatic heterocycles. The molecule has 0 unspecified atom stereocenters. The van der Waals surface area contributed by atoms with Crippen molar-refractivity contribution in [2.45, 2.75) is 25.3 Å². The van der Waals surface area contributed by atoms with Crippen molar-refractivity contribution in [2.24, 2.45) is 7.05 Å². The van der Waals surface area contributed by atoms with E-state index >= 15 is 0 Å². The number of carbonyl (C=O) groups excluding carboxylic acids is 1. The van der Waals surface area contributed by atoms with Crippen LogP contribution in [0.4, 0.5) is 8.78 Å². The molecular formula is C17H15F2N5O2. The highest BCUT2D eigenvalue weighted by Gasteiger charge is 2.26. The Hall–Kier alpha value is -3.10. The number of fused-ring (bicyclic) bond motifs is 1. The Labute approximate surface area is 147 Å². The molecule has 1 aliphatic carbocycles. The van der Waals surface area contributed by atoms with Gasteiger partial charge in [0.05, 0.1) is 17.8 Å². The molecule has 1 amide bonds. The number of rotatable bonds is 4. The van der Waals surface area contributed by atoms with Gasteiger partial charge in [0.2, 0.25) is 5.82 Å². The van der Waals surface area contributed by atoms with E-state index < -0.39 is 12.3 Å². The van der Waals surface area contributed by atoms with Crippen molar-refractivity contribution in [2.75, 3.05) is 0 Å². The Bertz CT molecular complexity index is 966. The molecule has 1 aromatic carbocycles. The van der Waals surface area contributed by atoms with Gasteiger partial charge < -0.3 is 9.84 Å². The van der Waals surface area contributed by atoms with Gasteiger partial charge in [0.25, 0.3) is 11.8 Å². The molecule has 0 radical (unpaired) electrons. The summed E-state index contributed by atoms with van der Waals surface area (Å²) in [6.07, 6.45) is 1.91. The quantitative estimate of drug-likeness (QED) is 0.774. The van der Waals surface area contributed by atoms with Gasteiger partial charge >= 0.3 is 6.43 Å². The van der Waals surface area contributed by atoms with E-state index in [0.717, 1.165) is 24.0 Å². The summed E-state index contributed by atoms with van der Waals surface area (Å²) >= 11 is 0. The molecule has 1 aliphatic rings. The molecular weight excluding hydrogens is 344 g/mol. The molecule has 2 heterocycles. The first-order chi connectivity index (χ1) is 12.5. The first-order valence-electron chi connectivity index (χ1n) is 8.05. The number of halogens is 2. The molecule has 4 rings (SSSR count). The minimum atomic E-state index is -2.79. The van der Waals surface area contributed by atoms with Crippen LogP contribution in [0.5, 0.6) is 0 Å². The van der Waals surface area contributed by atoms with Crippen molar-refractivity contribution < 1.29 is 18.1 Å². The summed E-state index contributed by atoms with van der Waals surface area (Å²) in [4.78, 5) is 16.0. The van der Waals surface area contributed by atoms with Gasteiger partial charge in [0.1, 0.15) is 0 Å². The summed E-state index contributed by atoms with van der Waals surface area (Å²) in [6, 6.07) is 5.36. The first-order valence-corrected chi connectivity index (χ1v) is 8.05. The lowest BCUT2D eigenvalue weighted by molar-refractivity contribution is 0.0936. The highest BCUT2D eigenvalue weighted by molar-refractivity contribution is 5.94. The van der Waals surface area contributed by atoms with Crippen molar-refractivity contribution >= 4 is 5.91 Å². The van der Waals surface area contributed by atoms with Crippen LogP contribution in [0.3, 0.4) is 0 Å². The largest absolute Gasteiger partial charge is 0.345 e. The van der Waals surface area contributed by atoms with Gasteiger partial charge in [-0.05, 0) is 30.0 Å². The van der Waals surface area contributed by atoms with E-state index in [4.69, 9.17) is 0 Å². The number of nitrogens with zero attached hydrogens (tertiary/aromatic N) is 4. The first kappa shape index (κ1) is 16.4. The number of aromatic nitrogens is 4. The van der Waals surface area contributed by atoms with E-state index in [2.05, 4.69) is 25.1 Å². The molecule has 0 saturated carbocycles. The fourth-order valence-electron chi connectivity index (χ4n) is 3.13. The zero-order chi connectivity index (χ0) is 18.3. The maximum absolute atomic E-state index is 12.6. The molecule has 3 aromatic rings. The number of nitrogens with one attached hydrogen (secondary N) is 1. The van der Waals surface area contributed by atoms with Crippen LogP contribution in [0.15, 0.2) is 35.1 Å². The summed E-state index contributed by atoms with van der Waals surface area (Å²) in [7, 11) is 1.75. The number of aryl methyl sites for hydroxylation is 2. The van der Waals surface area contributed by atoms with Crippen molar-refractivity contribution in [3.05, 3.63) is 53.2 Å². The van der Waals surface area contributed by atoms with E-state index in [-0.39, 0.29) is 17.8 Å². The van der Waals surface area contributed by atoms with E-state index in [1.54, 1.807) is 24.0 Å². The van der Waals surface area contributed by atoms with Gasteiger partial charge in [-0.3, -0.25) is 9.48 Å². The second-order valence-corrected chi connectivity index (χ2v) is 6.14. The molecule has 7 nitrogen and oxygen atoms in total. The summed E-state index contributed by atoms with van der Waals surface area (Å²) < 4.78 is 31.3. The van der Waals surface area contributed by atoms with Gasteiger partial charge in [0, 0.05) is 18.8 Å². The van der Waals surface area contributed by atoms with Gasteiger partial charge in [-0.2, -0.15) is 18.9 Å². The summed E-state index contributed by atoms with van der Waals surface area (Å²) in [5.41, 5.74) is 3.15. The van der Waals surface area contributed by atoms with Crippen molar-refractivity contribution in [3.63, 3.8) is 0 Å². The number of amides is 1. The Morgan fingerprint density at radius 2 is 2.27 bits per heavy atom. The van der Waals surface area contributed by atoms with Gasteiger partial charge in [-0.1, -0.05) is 17.3 Å². The van der Waals surface area contributed by atoms with Crippen molar-refractivity contribution in [1.82, 2.24) is 25.2 Å². The molecule has 0 spiro atoms. The SMILES string of the molecule is Cn1cc(C(=O)N[C@@H]2CCc3cc(-c4noc(C(F)F)n4)ccc32)cn1. The zero-order valence-corrected chi connectivity index (χ0v) is 13.8. The van der Waals surface area contributed by atoms with E-state index in [0.29, 0.717) is 11.1 Å². The van der Waals surface area contributed by atoms with Crippen LogP contribution in [0, 0.1) is 0 Å². The van der Waals surface area contributed by atoms with Crippen molar-refractivity contribution in [1.29, 1.82) is 0 Å². The van der Waals surface area contributed by atoms with Gasteiger partial charge in [-0.25, -0.2) is 0 Å². The standard InChI is InChI=1S/C17H15F2N5O2/c1-24-8-11(7-20-24)16(25)21-13-5-3-9-6-10(2-4-12(9)13)15-22-17(14(18)19)26-23-15/h2,4,6-8,13-14H,3,5H2,1H3,(H,21,25)/t13-/m1/s1. The third kappa shape index (κ3) is 2.96. The highest BCUT2D eigenvalue weighted by atomic mass is 19.3. The second-order valence-electron chi connectivity index (χ2n) is 6.14. The van der Waals surface area contributed by atoms with Crippen LogP contribution in [-0.2, 0) is 13.5 Å². The third-order valence-corrected chi connectivity index (χ3v) is 4.38. The molecule has 0 aliphatic heterocycles. The lowest BCUT2D eigenvalue weighted by Gasteiger charge is -2.13. The van der Waals surface area contributed by atoms with Crippen LogP contribution in [-0.4, -0.2) is 25.8 Å². The lowest BCUT2D eigenvalue weighted by atomic mass is 10.0. The van der Waals surface area contributed by atoms with Gasteiger partial charge in [-0.15, -0.1) is 0 Å². The summed E-state index contributed by atoms with van der Waals surface area (Å²) in [5, 5.41) is 10.6. The minimum absolute atomic E-state index is 0.103. The zero-order valence-electron chi connectivity index (χ0n) is 13.8. The fourth-order valence-corrected chi connectivity index (χ4v) is 3.13. The summed E-state index contributed by atoms with van der Waals surface area (Å²) in [6.45, 7) is 0. The van der Waals surface area contributed by atoms with Crippen LogP contribution in [0.25, 0.3) is 11.4 Å². The lowest BCUT2D eigenvalue weighted by Crippen LogP contribution is -2.26. The van der Waals surface area contributed by atoms with E-state index in [1.807, 2.05) is 12.1 Å². The van der Waals surface area contributed by atoms with Gasteiger partial charge in [0.15, 0.2) is 0 Å². The molecule has 1 atom stereocenters. The topological polar surface area (TPSA) is 85.8 Å². The molecule has 134 valence electrons. The van der Waals surface area contributed by atoms with E-state index in [9.17, 15) is 13.6 Å². The average Bonchev–Trinajstić information content (AvgIpc) is 3.34. The Morgan fingerprint density at radius 3 is 2.96 bits per heavy atom. The maximum Gasteiger partial charge on any atom is 0.315 e. The van der Waals surface area contributed by atoms with Crippen LogP contribution in [0.1, 0.15) is 46.3 Å². The molecule has 0 fully saturated rings. The Morgan fingerprint density at radius 1 is 1.42 bits per heavy atom.